The summed E-state index contributed by atoms with van der Waals surface area (Å²) in [6.07, 6.45) is 0. The van der Waals surface area contributed by atoms with E-state index in [4.69, 9.17) is 17.3 Å². The predicted molar refractivity (Wildman–Crippen MR) is 54.2 cm³/mol. The molecule has 0 radical (unpaired) electrons. The van der Waals surface area contributed by atoms with E-state index in [1.165, 1.54) is 0 Å². The maximum atomic E-state index is 11.3. The van der Waals surface area contributed by atoms with Crippen LogP contribution in [0, 0.1) is 10.1 Å². The number of nitrogen functional groups attached to an aromatic ring is 1. The van der Waals surface area contributed by atoms with Crippen LogP contribution < -0.4 is 5.73 Å². The lowest BCUT2D eigenvalue weighted by Crippen LogP contribution is -2.07. The van der Waals surface area contributed by atoms with Gasteiger partial charge in [0.1, 0.15) is 17.0 Å². The van der Waals surface area contributed by atoms with Gasteiger partial charge in [0.15, 0.2) is 5.78 Å². The lowest BCUT2D eigenvalue weighted by molar-refractivity contribution is -0.384. The van der Waals surface area contributed by atoms with Crippen molar-refractivity contribution in [3.63, 3.8) is 0 Å². The Morgan fingerprint density at radius 3 is 2.67 bits per heavy atom. The predicted octanol–water partition coefficient (Wildman–Crippen LogP) is 1.30. The molecule has 6 nitrogen and oxygen atoms in total. The SMILES string of the molecule is Nc1ccc(O)c(C(=O)CCl)c1[N+](=O)[O-]. The molecule has 0 fully saturated rings. The first-order valence-corrected chi connectivity index (χ1v) is 4.37. The van der Waals surface area contributed by atoms with Gasteiger partial charge in [0.25, 0.3) is 0 Å². The quantitative estimate of drug-likeness (QED) is 0.203. The van der Waals surface area contributed by atoms with Crippen molar-refractivity contribution < 1.29 is 14.8 Å². The number of hydrogen-bond acceptors (Lipinski definition) is 5. The molecule has 80 valence electrons. The average molecular weight is 231 g/mol. The maximum Gasteiger partial charge on any atom is 0.306 e. The molecule has 1 aromatic rings. The van der Waals surface area contributed by atoms with Gasteiger partial charge < -0.3 is 10.8 Å². The Morgan fingerprint density at radius 2 is 2.20 bits per heavy atom. The molecule has 0 aliphatic heterocycles. The van der Waals surface area contributed by atoms with E-state index < -0.39 is 33.6 Å². The fourth-order valence-corrected chi connectivity index (χ4v) is 1.27. The van der Waals surface area contributed by atoms with Crippen molar-refractivity contribution in [1.29, 1.82) is 0 Å². The largest absolute Gasteiger partial charge is 0.507 e. The standard InChI is InChI=1S/C8H7ClN2O4/c9-3-6(13)7-5(12)2-1-4(10)8(7)11(14)15/h1-2,12H,3,10H2. The van der Waals surface area contributed by atoms with Crippen molar-refractivity contribution in [2.24, 2.45) is 0 Å². The molecular weight excluding hydrogens is 224 g/mol. The number of rotatable bonds is 3. The summed E-state index contributed by atoms with van der Waals surface area (Å²) >= 11 is 5.26. The molecule has 1 aromatic carbocycles. The van der Waals surface area contributed by atoms with E-state index >= 15 is 0 Å². The molecular formula is C8H7ClN2O4. The highest BCUT2D eigenvalue weighted by molar-refractivity contribution is 6.31. The van der Waals surface area contributed by atoms with Crippen molar-refractivity contribution >= 4 is 28.8 Å². The summed E-state index contributed by atoms with van der Waals surface area (Å²) in [4.78, 5) is 21.1. The van der Waals surface area contributed by atoms with Crippen LogP contribution in [0.4, 0.5) is 11.4 Å². The van der Waals surface area contributed by atoms with Gasteiger partial charge in [-0.1, -0.05) is 0 Å². The smallest absolute Gasteiger partial charge is 0.306 e. The van der Waals surface area contributed by atoms with Gasteiger partial charge in [-0.05, 0) is 12.1 Å². The number of phenols is 1. The number of halogens is 1. The zero-order valence-electron chi connectivity index (χ0n) is 7.44. The fourth-order valence-electron chi connectivity index (χ4n) is 1.14. The summed E-state index contributed by atoms with van der Waals surface area (Å²) in [6, 6.07) is 2.26. The number of nitro benzene ring substituents is 1. The summed E-state index contributed by atoms with van der Waals surface area (Å²) < 4.78 is 0. The third-order valence-electron chi connectivity index (χ3n) is 1.77. The number of benzene rings is 1. The Kier molecular flexibility index (Phi) is 3.11. The molecule has 0 aliphatic rings. The number of nitro groups is 1. The Bertz CT molecular complexity index is 433. The monoisotopic (exact) mass is 230 g/mol. The number of phenolic OH excluding ortho intramolecular Hbond substituents is 1. The number of nitrogens with two attached hydrogens (primary N) is 1. The second kappa shape index (κ2) is 4.14. The van der Waals surface area contributed by atoms with E-state index in [1.54, 1.807) is 0 Å². The molecule has 0 saturated heterocycles. The molecule has 0 spiro atoms. The first kappa shape index (κ1) is 11.3. The molecule has 0 aromatic heterocycles. The van der Waals surface area contributed by atoms with E-state index in [-0.39, 0.29) is 5.69 Å². The van der Waals surface area contributed by atoms with Gasteiger partial charge in [0.05, 0.1) is 10.8 Å². The molecule has 3 N–H and O–H groups in total. The molecule has 0 bridgehead atoms. The van der Waals surface area contributed by atoms with Crippen molar-refractivity contribution in [1.82, 2.24) is 0 Å². The van der Waals surface area contributed by atoms with Crippen LogP contribution in [0.25, 0.3) is 0 Å². The molecule has 15 heavy (non-hydrogen) atoms. The number of nitrogens with zero attached hydrogens (tertiary/aromatic N) is 1. The Morgan fingerprint density at radius 1 is 1.60 bits per heavy atom. The van der Waals surface area contributed by atoms with Gasteiger partial charge in [0.2, 0.25) is 0 Å². The minimum atomic E-state index is -0.825. The van der Waals surface area contributed by atoms with Gasteiger partial charge in [-0.3, -0.25) is 14.9 Å². The number of hydrogen-bond donors (Lipinski definition) is 2. The molecule has 0 heterocycles. The number of anilines is 1. The van der Waals surface area contributed by atoms with E-state index in [0.29, 0.717) is 0 Å². The van der Waals surface area contributed by atoms with Crippen molar-refractivity contribution in [3.05, 3.63) is 27.8 Å². The van der Waals surface area contributed by atoms with Crippen LogP contribution in [0.3, 0.4) is 0 Å². The summed E-state index contributed by atoms with van der Waals surface area (Å²) in [6.45, 7) is 0. The Hall–Kier alpha value is -1.82. The number of carbonyl (C=O) groups is 1. The van der Waals surface area contributed by atoms with Crippen molar-refractivity contribution in [2.75, 3.05) is 11.6 Å². The van der Waals surface area contributed by atoms with E-state index in [1.807, 2.05) is 0 Å². The number of alkyl halides is 1. The molecule has 0 amide bonds. The fraction of sp³-hybridized carbons (Fsp3) is 0.125. The van der Waals surface area contributed by atoms with Crippen LogP contribution in [0.2, 0.25) is 0 Å². The summed E-state index contributed by atoms with van der Waals surface area (Å²) in [7, 11) is 0. The van der Waals surface area contributed by atoms with Gasteiger partial charge in [0, 0.05) is 0 Å². The lowest BCUT2D eigenvalue weighted by Gasteiger charge is -2.04. The number of Topliss-reactive ketones (excluding diaryl/α,β-unsaturated/α-hetero) is 1. The third-order valence-corrected chi connectivity index (χ3v) is 2.01. The molecule has 1 rings (SSSR count). The van der Waals surface area contributed by atoms with Crippen LogP contribution in [-0.2, 0) is 0 Å². The van der Waals surface area contributed by atoms with Gasteiger partial charge in [-0.15, -0.1) is 11.6 Å². The Balaban J connectivity index is 3.52. The van der Waals surface area contributed by atoms with E-state index in [0.717, 1.165) is 12.1 Å². The van der Waals surface area contributed by atoms with E-state index in [9.17, 15) is 20.0 Å². The molecule has 0 aliphatic carbocycles. The topological polar surface area (TPSA) is 106 Å². The molecule has 0 unspecified atom stereocenters. The summed E-state index contributed by atoms with van der Waals surface area (Å²) in [5, 5.41) is 20.0. The van der Waals surface area contributed by atoms with Crippen molar-refractivity contribution in [2.45, 2.75) is 0 Å². The highest BCUT2D eigenvalue weighted by Crippen LogP contribution is 2.33. The number of aromatic hydroxyl groups is 1. The van der Waals surface area contributed by atoms with Gasteiger partial charge in [-0.25, -0.2) is 0 Å². The van der Waals surface area contributed by atoms with Crippen LogP contribution >= 0.6 is 11.6 Å². The first-order chi connectivity index (χ1) is 6.99. The highest BCUT2D eigenvalue weighted by atomic mass is 35.5. The second-order valence-corrected chi connectivity index (χ2v) is 2.98. The molecule has 7 heteroatoms. The van der Waals surface area contributed by atoms with Crippen molar-refractivity contribution in [3.8, 4) is 5.75 Å². The number of carbonyl (C=O) groups excluding carboxylic acids is 1. The molecule has 0 saturated carbocycles. The Labute approximate surface area is 89.4 Å². The third kappa shape index (κ3) is 1.99. The minimum absolute atomic E-state index is 0.189. The van der Waals surface area contributed by atoms with Crippen LogP contribution in [0.15, 0.2) is 12.1 Å². The average Bonchev–Trinajstić information content (AvgIpc) is 2.19. The van der Waals surface area contributed by atoms with Crippen LogP contribution in [0.1, 0.15) is 10.4 Å². The first-order valence-electron chi connectivity index (χ1n) is 3.84. The highest BCUT2D eigenvalue weighted by Gasteiger charge is 2.26. The molecule has 0 atom stereocenters. The van der Waals surface area contributed by atoms with Gasteiger partial charge >= 0.3 is 5.69 Å². The second-order valence-electron chi connectivity index (χ2n) is 2.71. The lowest BCUT2D eigenvalue weighted by atomic mass is 10.1. The zero-order chi connectivity index (χ0) is 11.6. The van der Waals surface area contributed by atoms with Crippen LogP contribution in [-0.4, -0.2) is 21.7 Å². The maximum absolute atomic E-state index is 11.3. The normalized spacial score (nSPS) is 9.93. The van der Waals surface area contributed by atoms with Crippen LogP contribution in [0.5, 0.6) is 5.75 Å². The van der Waals surface area contributed by atoms with Gasteiger partial charge in [-0.2, -0.15) is 0 Å². The zero-order valence-corrected chi connectivity index (χ0v) is 8.19. The van der Waals surface area contributed by atoms with E-state index in [2.05, 4.69) is 0 Å². The summed E-state index contributed by atoms with van der Waals surface area (Å²) in [5.74, 6) is -1.70. The minimum Gasteiger partial charge on any atom is -0.507 e. The summed E-state index contributed by atoms with van der Waals surface area (Å²) in [5.41, 5.74) is 4.09. The number of ketones is 1.